The second-order valence-corrected chi connectivity index (χ2v) is 7.35. The Kier molecular flexibility index (Phi) is 3.29. The van der Waals surface area contributed by atoms with Gasteiger partial charge < -0.3 is 10.1 Å². The second kappa shape index (κ2) is 4.72. The molecule has 0 spiro atoms. The lowest BCUT2D eigenvalue weighted by atomic mass is 9.66. The lowest BCUT2D eigenvalue weighted by Gasteiger charge is -2.35. The highest BCUT2D eigenvalue weighted by atomic mass is 35.5. The quantitative estimate of drug-likeness (QED) is 0.870. The predicted molar refractivity (Wildman–Crippen MR) is 83.2 cm³/mol. The zero-order chi connectivity index (χ0) is 16.2. The molecule has 2 atom stereocenters. The number of esters is 1. The number of hydrogen-bond donors (Lipinski definition) is 1. The van der Waals surface area contributed by atoms with E-state index in [-0.39, 0.29) is 11.9 Å². The van der Waals surface area contributed by atoms with E-state index < -0.39 is 16.4 Å². The molecule has 1 heterocycles. The fourth-order valence-electron chi connectivity index (χ4n) is 3.71. The van der Waals surface area contributed by atoms with Crippen LogP contribution in [0.3, 0.4) is 0 Å². The molecule has 1 aromatic carbocycles. The zero-order valence-corrected chi connectivity index (χ0v) is 13.8. The minimum atomic E-state index is -1.07. The minimum Gasteiger partial charge on any atom is -0.448 e. The van der Waals surface area contributed by atoms with Crippen LogP contribution in [0, 0.1) is 10.8 Å². The monoisotopic (exact) mass is 321 g/mol. The number of rotatable bonds is 3. The lowest BCUT2D eigenvalue weighted by Crippen LogP contribution is -2.53. The van der Waals surface area contributed by atoms with Crippen molar-refractivity contribution in [1.82, 2.24) is 5.32 Å². The summed E-state index contributed by atoms with van der Waals surface area (Å²) in [5.74, 6) is -0.497. The number of benzene rings is 1. The third-order valence-electron chi connectivity index (χ3n) is 5.85. The molecule has 1 aromatic rings. The summed E-state index contributed by atoms with van der Waals surface area (Å²) in [6, 6.07) is 7.37. The molecule has 1 amide bonds. The van der Waals surface area contributed by atoms with Gasteiger partial charge in [-0.25, -0.2) is 0 Å². The van der Waals surface area contributed by atoms with Crippen LogP contribution in [0.1, 0.15) is 39.2 Å². The van der Waals surface area contributed by atoms with Crippen molar-refractivity contribution in [3.8, 4) is 0 Å². The Labute approximate surface area is 135 Å². The summed E-state index contributed by atoms with van der Waals surface area (Å²) in [6.45, 7) is 6.11. The molecular formula is C17H20ClNO3. The smallest absolute Gasteiger partial charge is 0.313 e. The average molecular weight is 322 g/mol. The standard InChI is InChI=1S/C17H20ClNO3/c1-15(2)16(3)8-9-17(15,22-14(16)21)13(20)19-10-11-6-4-5-7-12(11)18/h4-7H,8-10H2,1-3H3,(H,19,20)/t16-,17+/m0/s1. The first-order valence-electron chi connectivity index (χ1n) is 7.50. The highest BCUT2D eigenvalue weighted by Crippen LogP contribution is 2.65. The van der Waals surface area contributed by atoms with Crippen LogP contribution in [0.25, 0.3) is 0 Å². The SMILES string of the molecule is CC1(C)[C@@]2(C)CC[C@]1(C(=O)NCc1ccccc1Cl)OC2=O. The summed E-state index contributed by atoms with van der Waals surface area (Å²) in [4.78, 5) is 25.0. The maximum Gasteiger partial charge on any atom is 0.313 e. The Hall–Kier alpha value is -1.55. The number of hydrogen-bond acceptors (Lipinski definition) is 3. The van der Waals surface area contributed by atoms with Gasteiger partial charge in [0, 0.05) is 17.0 Å². The Morgan fingerprint density at radius 2 is 1.95 bits per heavy atom. The van der Waals surface area contributed by atoms with Crippen molar-refractivity contribution in [2.45, 2.75) is 45.8 Å². The summed E-state index contributed by atoms with van der Waals surface area (Å²) < 4.78 is 5.56. The van der Waals surface area contributed by atoms with Crippen LogP contribution in [0.4, 0.5) is 0 Å². The first-order chi connectivity index (χ1) is 10.2. The molecule has 0 unspecified atom stereocenters. The maximum absolute atomic E-state index is 12.8. The summed E-state index contributed by atoms with van der Waals surface area (Å²) in [5, 5.41) is 3.50. The number of halogens is 1. The van der Waals surface area contributed by atoms with E-state index in [9.17, 15) is 9.59 Å². The Bertz CT molecular complexity index is 657. The second-order valence-electron chi connectivity index (χ2n) is 6.95. The first kappa shape index (κ1) is 15.3. The molecule has 118 valence electrons. The summed E-state index contributed by atoms with van der Waals surface area (Å²) in [7, 11) is 0. The maximum atomic E-state index is 12.8. The van der Waals surface area contributed by atoms with Gasteiger partial charge in [-0.05, 0) is 31.4 Å². The zero-order valence-electron chi connectivity index (χ0n) is 13.0. The van der Waals surface area contributed by atoms with Crippen LogP contribution in [0.5, 0.6) is 0 Å². The van der Waals surface area contributed by atoms with E-state index in [1.165, 1.54) is 0 Å². The van der Waals surface area contributed by atoms with Crippen LogP contribution in [0.2, 0.25) is 5.02 Å². The Balaban J connectivity index is 1.81. The van der Waals surface area contributed by atoms with Gasteiger partial charge in [0.05, 0.1) is 5.41 Å². The fourth-order valence-corrected chi connectivity index (χ4v) is 3.91. The molecule has 3 rings (SSSR count). The minimum absolute atomic E-state index is 0.230. The van der Waals surface area contributed by atoms with E-state index in [1.54, 1.807) is 6.07 Å². The van der Waals surface area contributed by atoms with Crippen molar-refractivity contribution in [1.29, 1.82) is 0 Å². The molecule has 1 saturated heterocycles. The molecule has 2 aliphatic rings. The topological polar surface area (TPSA) is 55.4 Å². The Morgan fingerprint density at radius 3 is 2.50 bits per heavy atom. The molecule has 0 radical (unpaired) electrons. The largest absolute Gasteiger partial charge is 0.448 e. The van der Waals surface area contributed by atoms with Crippen molar-refractivity contribution < 1.29 is 14.3 Å². The molecule has 22 heavy (non-hydrogen) atoms. The van der Waals surface area contributed by atoms with Gasteiger partial charge in [-0.1, -0.05) is 43.6 Å². The van der Waals surface area contributed by atoms with E-state index in [0.717, 1.165) is 5.56 Å². The van der Waals surface area contributed by atoms with E-state index in [0.29, 0.717) is 24.4 Å². The van der Waals surface area contributed by atoms with E-state index >= 15 is 0 Å². The van der Waals surface area contributed by atoms with Gasteiger partial charge in [0.2, 0.25) is 0 Å². The van der Waals surface area contributed by atoms with Crippen molar-refractivity contribution in [3.05, 3.63) is 34.9 Å². The van der Waals surface area contributed by atoms with Gasteiger partial charge in [0.1, 0.15) is 0 Å². The van der Waals surface area contributed by atoms with Gasteiger partial charge in [0.15, 0.2) is 5.60 Å². The third-order valence-corrected chi connectivity index (χ3v) is 6.22. The molecule has 2 bridgehead atoms. The molecule has 1 N–H and O–H groups in total. The number of ether oxygens (including phenoxy) is 1. The fraction of sp³-hybridized carbons (Fsp3) is 0.529. The van der Waals surface area contributed by atoms with Crippen LogP contribution >= 0.6 is 11.6 Å². The average Bonchev–Trinajstić information content (AvgIpc) is 2.76. The van der Waals surface area contributed by atoms with Crippen LogP contribution in [-0.2, 0) is 20.9 Å². The summed E-state index contributed by atoms with van der Waals surface area (Å²) >= 11 is 6.11. The normalized spacial score (nSPS) is 31.9. The van der Waals surface area contributed by atoms with Gasteiger partial charge in [-0.2, -0.15) is 0 Å². The number of fused-ring (bicyclic) bond motifs is 2. The van der Waals surface area contributed by atoms with Gasteiger partial charge in [0.25, 0.3) is 5.91 Å². The van der Waals surface area contributed by atoms with Gasteiger partial charge in [-0.15, -0.1) is 0 Å². The number of amides is 1. The van der Waals surface area contributed by atoms with Crippen molar-refractivity contribution in [2.75, 3.05) is 0 Å². The predicted octanol–water partition coefficient (Wildman–Crippen LogP) is 3.08. The van der Waals surface area contributed by atoms with Crippen molar-refractivity contribution >= 4 is 23.5 Å². The summed E-state index contributed by atoms with van der Waals surface area (Å²) in [6.07, 6.45) is 1.24. The van der Waals surface area contributed by atoms with E-state index in [4.69, 9.17) is 16.3 Å². The number of nitrogens with one attached hydrogen (secondary N) is 1. The first-order valence-corrected chi connectivity index (χ1v) is 7.88. The van der Waals surface area contributed by atoms with E-state index in [2.05, 4.69) is 5.32 Å². The lowest BCUT2D eigenvalue weighted by molar-refractivity contribution is -0.168. The highest BCUT2D eigenvalue weighted by molar-refractivity contribution is 6.31. The third kappa shape index (κ3) is 1.76. The molecule has 4 nitrogen and oxygen atoms in total. The molecule has 0 aromatic heterocycles. The van der Waals surface area contributed by atoms with Crippen LogP contribution in [-0.4, -0.2) is 17.5 Å². The molecule has 1 aliphatic heterocycles. The number of carbonyl (C=O) groups is 2. The van der Waals surface area contributed by atoms with Crippen molar-refractivity contribution in [2.24, 2.45) is 10.8 Å². The molecule has 1 aliphatic carbocycles. The van der Waals surface area contributed by atoms with Gasteiger partial charge >= 0.3 is 5.97 Å². The van der Waals surface area contributed by atoms with Crippen LogP contribution < -0.4 is 5.32 Å². The molecule has 2 fully saturated rings. The van der Waals surface area contributed by atoms with Crippen molar-refractivity contribution in [3.63, 3.8) is 0 Å². The molecule has 1 saturated carbocycles. The van der Waals surface area contributed by atoms with Crippen LogP contribution in [0.15, 0.2) is 24.3 Å². The molecular weight excluding hydrogens is 302 g/mol. The highest BCUT2D eigenvalue weighted by Gasteiger charge is 2.75. The van der Waals surface area contributed by atoms with Gasteiger partial charge in [-0.3, -0.25) is 9.59 Å². The Morgan fingerprint density at radius 1 is 1.27 bits per heavy atom. The summed E-state index contributed by atoms with van der Waals surface area (Å²) in [5.41, 5.74) is -1.34. The van der Waals surface area contributed by atoms with E-state index in [1.807, 2.05) is 39.0 Å². The number of carbonyl (C=O) groups excluding carboxylic acids is 2. The molecule has 5 heteroatoms.